The first-order valence-electron chi connectivity index (χ1n) is 17.7. The summed E-state index contributed by atoms with van der Waals surface area (Å²) in [4.78, 5) is 63.0. The number of alkyl halides is 3. The fourth-order valence-electron chi connectivity index (χ4n) is 9.36. The lowest BCUT2D eigenvalue weighted by Gasteiger charge is -2.55. The number of carbonyl (C=O) groups excluding carboxylic acids is 4. The van der Waals surface area contributed by atoms with Gasteiger partial charge in [-0.1, -0.05) is 83.9 Å². The minimum atomic E-state index is -4.82. The number of amides is 2. The second-order valence-electron chi connectivity index (χ2n) is 14.4. The van der Waals surface area contributed by atoms with E-state index in [2.05, 4.69) is 20.9 Å². The second kappa shape index (κ2) is 13.7. The molecule has 4 aliphatic rings. The number of nitrogens with zero attached hydrogens (tertiary/aromatic N) is 3. The second-order valence-corrected chi connectivity index (χ2v) is 15.6. The first-order chi connectivity index (χ1) is 26.7. The molecule has 3 aromatic carbocycles. The Morgan fingerprint density at radius 2 is 1.64 bits per heavy atom. The number of ketones is 2. The van der Waals surface area contributed by atoms with Crippen molar-refractivity contribution >= 4 is 62.3 Å². The van der Waals surface area contributed by atoms with Gasteiger partial charge in [0, 0.05) is 24.5 Å². The van der Waals surface area contributed by atoms with E-state index in [1.54, 1.807) is 72.8 Å². The summed E-state index contributed by atoms with van der Waals surface area (Å²) in [5.74, 6) is -7.23. The number of Topliss-reactive ketones (excluding diaryl/α,β-unsaturated/α-hetero) is 1. The fourth-order valence-corrected chi connectivity index (χ4v) is 10.0. The molecule has 0 bridgehead atoms. The molecule has 4 aromatic rings. The van der Waals surface area contributed by atoms with Crippen LogP contribution in [0.15, 0.2) is 107 Å². The topological polar surface area (TPSA) is 117 Å². The summed E-state index contributed by atoms with van der Waals surface area (Å²) in [6.45, 7) is 0. The monoisotopic (exact) mass is 845 g/mol. The molecule has 56 heavy (non-hydrogen) atoms. The van der Waals surface area contributed by atoms with Crippen molar-refractivity contribution in [3.63, 3.8) is 0 Å². The first-order valence-corrected chi connectivity index (χ1v) is 18.9. The molecular formula is C42H32BrClF3N3O6. The van der Waals surface area contributed by atoms with E-state index >= 15 is 9.59 Å². The highest BCUT2D eigenvalue weighted by molar-refractivity contribution is 9.10. The highest BCUT2D eigenvalue weighted by Crippen LogP contribution is 2.64. The van der Waals surface area contributed by atoms with Gasteiger partial charge in [-0.3, -0.25) is 24.2 Å². The van der Waals surface area contributed by atoms with Crippen molar-refractivity contribution in [2.45, 2.75) is 30.4 Å². The zero-order valence-corrected chi connectivity index (χ0v) is 32.1. The molecule has 0 radical (unpaired) electrons. The van der Waals surface area contributed by atoms with E-state index in [1.165, 1.54) is 20.2 Å². The number of phenols is 1. The van der Waals surface area contributed by atoms with Crippen LogP contribution >= 0.6 is 27.5 Å². The molecule has 14 heteroatoms. The Morgan fingerprint density at radius 3 is 2.30 bits per heavy atom. The van der Waals surface area contributed by atoms with E-state index in [4.69, 9.17) is 16.3 Å². The number of fused-ring (bicyclic) bond motifs is 4. The van der Waals surface area contributed by atoms with Crippen LogP contribution in [0.2, 0.25) is 5.02 Å². The van der Waals surface area contributed by atoms with E-state index < -0.39 is 64.5 Å². The Balaban J connectivity index is 1.33. The number of benzene rings is 3. The van der Waals surface area contributed by atoms with E-state index in [-0.39, 0.29) is 51.0 Å². The van der Waals surface area contributed by atoms with Gasteiger partial charge in [-0.25, -0.2) is 4.98 Å². The first kappa shape index (κ1) is 37.6. The molecule has 6 atom stereocenters. The van der Waals surface area contributed by atoms with Crippen LogP contribution in [0.5, 0.6) is 11.5 Å². The average Bonchev–Trinajstić information content (AvgIpc) is 3.45. The van der Waals surface area contributed by atoms with Gasteiger partial charge in [0.25, 0.3) is 11.8 Å². The lowest BCUT2D eigenvalue weighted by atomic mass is 9.44. The number of ether oxygens (including phenoxy) is 1. The normalized spacial score (nSPS) is 25.9. The van der Waals surface area contributed by atoms with Crippen LogP contribution in [-0.4, -0.2) is 52.6 Å². The van der Waals surface area contributed by atoms with Crippen LogP contribution < -0.4 is 9.75 Å². The Kier molecular flexibility index (Phi) is 9.23. The van der Waals surface area contributed by atoms with Gasteiger partial charge in [0.1, 0.15) is 5.69 Å². The van der Waals surface area contributed by atoms with Crippen molar-refractivity contribution in [2.75, 3.05) is 19.2 Å². The van der Waals surface area contributed by atoms with Crippen LogP contribution in [-0.2, 0) is 30.8 Å². The summed E-state index contributed by atoms with van der Waals surface area (Å²) >= 11 is 9.76. The number of methoxy groups -OCH3 is 1. The van der Waals surface area contributed by atoms with Crippen molar-refractivity contribution in [3.05, 3.63) is 135 Å². The number of anilines is 1. The SMILES string of the molecule is COc1cc([C@H]2C3=CC[C@@H]4C(=O)N(N(C)c5nc(C(F)(F)F)ccc5Cl)C(=O)[C@@H]4[C@@H]3C[C@H]3C(=O)C(c4ccccc4)=CC(=O)[C@@]23c2ccccc2)cc(Br)c1O. The summed E-state index contributed by atoms with van der Waals surface area (Å²) < 4.78 is 47.0. The van der Waals surface area contributed by atoms with Gasteiger partial charge in [-0.2, -0.15) is 18.2 Å². The van der Waals surface area contributed by atoms with Crippen LogP contribution in [0.3, 0.4) is 0 Å². The third-order valence-corrected chi connectivity index (χ3v) is 12.6. The predicted molar refractivity (Wildman–Crippen MR) is 203 cm³/mol. The van der Waals surface area contributed by atoms with Crippen molar-refractivity contribution in [1.82, 2.24) is 9.99 Å². The number of pyridine rings is 1. The highest BCUT2D eigenvalue weighted by Gasteiger charge is 2.66. The number of aromatic hydroxyl groups is 1. The summed E-state index contributed by atoms with van der Waals surface area (Å²) in [6, 6.07) is 22.8. The Bertz CT molecular complexity index is 2390. The quantitative estimate of drug-likeness (QED) is 0.153. The molecular weight excluding hydrogens is 815 g/mol. The van der Waals surface area contributed by atoms with Crippen molar-refractivity contribution in [1.29, 1.82) is 0 Å². The van der Waals surface area contributed by atoms with Gasteiger partial charge in [-0.15, -0.1) is 0 Å². The number of rotatable bonds is 6. The maximum absolute atomic E-state index is 15.2. The highest BCUT2D eigenvalue weighted by atomic mass is 79.9. The molecule has 1 saturated heterocycles. The summed E-state index contributed by atoms with van der Waals surface area (Å²) in [7, 11) is 2.64. The zero-order chi connectivity index (χ0) is 39.8. The molecule has 2 fully saturated rings. The van der Waals surface area contributed by atoms with Gasteiger partial charge in [0.15, 0.2) is 28.9 Å². The van der Waals surface area contributed by atoms with Crippen LogP contribution in [0.4, 0.5) is 19.0 Å². The molecule has 2 heterocycles. The van der Waals surface area contributed by atoms with Crippen LogP contribution in [0.25, 0.3) is 5.57 Å². The third kappa shape index (κ3) is 5.61. The van der Waals surface area contributed by atoms with Crippen molar-refractivity contribution in [2.24, 2.45) is 23.7 Å². The van der Waals surface area contributed by atoms with Crippen molar-refractivity contribution in [3.8, 4) is 11.5 Å². The molecule has 1 N–H and O–H groups in total. The molecule has 0 spiro atoms. The third-order valence-electron chi connectivity index (χ3n) is 11.7. The number of carbonyl (C=O) groups is 4. The van der Waals surface area contributed by atoms with Gasteiger partial charge >= 0.3 is 6.18 Å². The van der Waals surface area contributed by atoms with Gasteiger partial charge < -0.3 is 9.84 Å². The molecule has 8 rings (SSSR count). The van der Waals surface area contributed by atoms with Gasteiger partial charge in [0.2, 0.25) is 0 Å². The van der Waals surface area contributed by atoms with Crippen LogP contribution in [0.1, 0.15) is 41.1 Å². The molecule has 286 valence electrons. The molecule has 2 amide bonds. The minimum Gasteiger partial charge on any atom is -0.503 e. The van der Waals surface area contributed by atoms with E-state index in [0.29, 0.717) is 28.3 Å². The van der Waals surface area contributed by atoms with Gasteiger partial charge in [0.05, 0.1) is 33.9 Å². The number of hydrazine groups is 1. The maximum atomic E-state index is 15.2. The number of aromatic nitrogens is 1. The summed E-state index contributed by atoms with van der Waals surface area (Å²) in [5, 5.41) is 12.4. The maximum Gasteiger partial charge on any atom is 0.433 e. The Hall–Kier alpha value is -5.27. The predicted octanol–water partition coefficient (Wildman–Crippen LogP) is 8.11. The summed E-state index contributed by atoms with van der Waals surface area (Å²) in [6.07, 6.45) is -1.51. The zero-order valence-electron chi connectivity index (χ0n) is 29.8. The lowest BCUT2D eigenvalue weighted by Crippen LogP contribution is -2.59. The average molecular weight is 847 g/mol. The number of halogens is 5. The fraction of sp³-hybridized carbons (Fsp3) is 0.262. The largest absolute Gasteiger partial charge is 0.503 e. The van der Waals surface area contributed by atoms with Crippen LogP contribution in [0, 0.1) is 23.7 Å². The number of phenolic OH excluding ortho intramolecular Hbond substituents is 1. The molecule has 1 saturated carbocycles. The molecule has 1 aromatic heterocycles. The van der Waals surface area contributed by atoms with E-state index in [9.17, 15) is 27.9 Å². The number of allylic oxidation sites excluding steroid dienone is 4. The molecule has 9 nitrogen and oxygen atoms in total. The smallest absolute Gasteiger partial charge is 0.433 e. The number of hydrogen-bond acceptors (Lipinski definition) is 8. The summed E-state index contributed by atoms with van der Waals surface area (Å²) in [5.41, 5.74) is -0.299. The minimum absolute atomic E-state index is 0.00265. The Labute approximate surface area is 332 Å². The molecule has 0 unspecified atom stereocenters. The van der Waals surface area contributed by atoms with Crippen molar-refractivity contribution < 1.29 is 42.2 Å². The number of imide groups is 1. The molecule has 3 aliphatic carbocycles. The Morgan fingerprint density at radius 1 is 0.964 bits per heavy atom. The van der Waals surface area contributed by atoms with E-state index in [1.807, 2.05) is 6.08 Å². The standard InChI is InChI=1S/C42H32BrClF3N3O6/c1-49(38-30(44)15-16-32(48-38)42(45,46)47)50-39(54)25-14-13-24-27(34(25)40(50)55)19-28-36(52)26(21-9-5-3-6-10-21)20-33(51)41(28,23-11-7-4-8-12-23)35(24)22-17-29(43)37(53)31(18-22)56-2/h3-13,15-18,20,25,27-28,34-35,53H,14,19H2,1-2H3/t25-,27+,28-,34-,35-,41-/m0/s1. The van der Waals surface area contributed by atoms with Gasteiger partial charge in [-0.05, 0) is 81.7 Å². The van der Waals surface area contributed by atoms with E-state index in [0.717, 1.165) is 16.1 Å². The lowest BCUT2D eigenvalue weighted by molar-refractivity contribution is -0.141. The molecule has 1 aliphatic heterocycles. The number of hydrogen-bond donors (Lipinski definition) is 1.